The van der Waals surface area contributed by atoms with Crippen molar-refractivity contribution < 1.29 is 44.4 Å². The molecule has 0 radical (unpaired) electrons. The van der Waals surface area contributed by atoms with Gasteiger partial charge in [0.2, 0.25) is 0 Å². The molecule has 0 unspecified atom stereocenters. The van der Waals surface area contributed by atoms with Crippen LogP contribution >= 0.6 is 15.6 Å². The summed E-state index contributed by atoms with van der Waals surface area (Å²) < 4.78 is 22.2. The van der Waals surface area contributed by atoms with Crippen molar-refractivity contribution in [2.24, 2.45) is 0 Å². The molecule has 0 spiro atoms. The third kappa shape index (κ3) is 31.7. The molecule has 0 saturated heterocycles. The maximum absolute atomic E-state index is 9.63. The van der Waals surface area contributed by atoms with Crippen molar-refractivity contribution in [1.82, 2.24) is 0 Å². The van der Waals surface area contributed by atoms with Gasteiger partial charge in [-0.25, -0.2) is 9.13 Å². The Balaban J connectivity index is -0.00000000485. The predicted molar refractivity (Wildman–Crippen MR) is 57.1 cm³/mol. The first kappa shape index (κ1) is 31.0. The van der Waals surface area contributed by atoms with E-state index in [1.165, 1.54) is 0 Å². The van der Waals surface area contributed by atoms with Crippen LogP contribution in [0.2, 0.25) is 0 Å². The van der Waals surface area contributed by atoms with Crippen molar-refractivity contribution in [3.05, 3.63) is 0 Å². The monoisotopic (exact) mass is 476 g/mol. The zero-order chi connectivity index (χ0) is 7.71. The predicted octanol–water partition coefficient (Wildman–Crippen LogP) is -1.43. The molecule has 0 atom stereocenters. The second-order valence-corrected chi connectivity index (χ2v) is 3.68. The van der Waals surface area contributed by atoms with Gasteiger partial charge in [0.05, 0.1) is 0 Å². The van der Waals surface area contributed by atoms with Gasteiger partial charge in [-0.15, -0.1) is 0 Å². The molecule has 7 nitrogen and oxygen atoms in total. The topological polar surface area (TPSA) is 124 Å². The summed E-state index contributed by atoms with van der Waals surface area (Å²) in [4.78, 5) is 31.0. The molecule has 0 rings (SSSR count). The van der Waals surface area contributed by atoms with E-state index >= 15 is 0 Å². The molecule has 0 aromatic rings. The molecular weight excluding hydrogens is 463 g/mol. The smallest absolute Gasteiger partial charge is 1.00 e. The zero-order valence-corrected chi connectivity index (χ0v) is 20.1. The maximum Gasteiger partial charge on any atom is 2.00 e. The fourth-order valence-corrected chi connectivity index (χ4v) is 1.25. The average Bonchev–Trinajstić information content (AvgIpc) is 1.14. The van der Waals surface area contributed by atoms with Crippen LogP contribution in [0.15, 0.2) is 0 Å². The molecule has 0 aromatic heterocycles. The molecule has 0 saturated carbocycles. The van der Waals surface area contributed by atoms with E-state index in [1.807, 2.05) is 0 Å². The van der Waals surface area contributed by atoms with Crippen LogP contribution < -0.4 is 0 Å². The first-order valence-corrected chi connectivity index (χ1v) is 4.59. The van der Waals surface area contributed by atoms with Gasteiger partial charge in [0, 0.05) is 0 Å². The van der Waals surface area contributed by atoms with Gasteiger partial charge in [-0.2, -0.15) is 4.31 Å². The summed E-state index contributed by atoms with van der Waals surface area (Å²) in [5, 5.41) is 0. The van der Waals surface area contributed by atoms with Crippen LogP contribution in [0.3, 0.4) is 0 Å². The summed E-state index contributed by atoms with van der Waals surface area (Å²) in [6, 6.07) is 0. The fraction of sp³-hybridized carbons (Fsp3) is 0. The van der Waals surface area contributed by atoms with Crippen molar-refractivity contribution in [2.75, 3.05) is 0 Å². The first-order chi connectivity index (χ1) is 3.71. The zero-order valence-electron chi connectivity index (χ0n) is 14.7. The van der Waals surface area contributed by atoms with Crippen molar-refractivity contribution in [3.8, 4) is 0 Å². The van der Waals surface area contributed by atoms with Crippen LogP contribution in [0, 0.1) is 0 Å². The van der Waals surface area contributed by atoms with Crippen LogP contribution in [-0.2, 0) is 13.4 Å². The normalized spacial score (nSPS) is 9.54. The number of hydrogen-bond acceptors (Lipinski definition) is 3. The molecule has 0 amide bonds. The maximum atomic E-state index is 9.63. The molecule has 13 heavy (non-hydrogen) atoms. The van der Waals surface area contributed by atoms with E-state index < -0.39 is 15.6 Å². The summed E-state index contributed by atoms with van der Waals surface area (Å²) in [6.45, 7) is 0. The summed E-state index contributed by atoms with van der Waals surface area (Å²) in [5.74, 6) is 0. The van der Waals surface area contributed by atoms with Gasteiger partial charge < -0.3 is 31.0 Å². The Bertz CT molecular complexity index is 187. The number of hydrogen-bond donors (Lipinski definition) is 4. The Morgan fingerprint density at radius 2 is 1.15 bits per heavy atom. The van der Waals surface area contributed by atoms with E-state index in [0.717, 1.165) is 0 Å². The summed E-state index contributed by atoms with van der Waals surface area (Å²) >= 11 is 0. The van der Waals surface area contributed by atoms with Gasteiger partial charge in [-0.1, -0.05) is 0 Å². The quantitative estimate of drug-likeness (QED) is 0.285. The van der Waals surface area contributed by atoms with E-state index in [2.05, 4.69) is 4.31 Å². The second kappa shape index (κ2) is 13.8. The van der Waals surface area contributed by atoms with Crippen molar-refractivity contribution in [2.45, 2.75) is 0 Å². The van der Waals surface area contributed by atoms with E-state index in [9.17, 15) is 9.13 Å². The van der Waals surface area contributed by atoms with Crippen molar-refractivity contribution in [1.29, 1.82) is 0 Å². The van der Waals surface area contributed by atoms with E-state index in [4.69, 9.17) is 19.6 Å². The largest absolute Gasteiger partial charge is 2.00 e. The number of rotatable bonds is 2. The van der Waals surface area contributed by atoms with Crippen LogP contribution in [0.1, 0.15) is 11.4 Å². The Morgan fingerprint density at radius 3 is 1.15 bits per heavy atom. The van der Waals surface area contributed by atoms with Gasteiger partial charge in [0.1, 0.15) is 0 Å². The Hall–Kier alpha value is 5.34. The van der Waals surface area contributed by atoms with Crippen LogP contribution in [-0.4, -0.2) is 175 Å². The molecule has 0 aliphatic heterocycles. The Kier molecular flexibility index (Phi) is 32.8. The third-order valence-electron chi connectivity index (χ3n) is 0.213. The Labute approximate surface area is 210 Å². The average molecular weight is 475 g/mol. The minimum atomic E-state index is -5.05. The molecule has 4 N–H and O–H groups in total. The molecule has 0 bridgehead atoms. The molecule has 0 aliphatic carbocycles. The van der Waals surface area contributed by atoms with E-state index in [-0.39, 0.29) is 167 Å². The van der Waals surface area contributed by atoms with E-state index in [1.54, 1.807) is 0 Å². The van der Waals surface area contributed by atoms with Crippen LogP contribution in [0.4, 0.5) is 0 Å². The summed E-state index contributed by atoms with van der Waals surface area (Å²) in [7, 11) is -10.1. The molecule has 0 aliphatic rings. The van der Waals surface area contributed by atoms with Crippen LogP contribution in [0.25, 0.3) is 0 Å². The van der Waals surface area contributed by atoms with Crippen molar-refractivity contribution >= 4 is 171 Å². The van der Waals surface area contributed by atoms with Crippen molar-refractivity contribution in [3.63, 3.8) is 0 Å². The van der Waals surface area contributed by atoms with Crippen LogP contribution in [0.5, 0.6) is 0 Å². The molecule has 0 fully saturated rings. The molecule has 72 valence electrons. The van der Waals surface area contributed by atoms with Gasteiger partial charge in [-0.3, -0.25) is 0 Å². The minimum Gasteiger partial charge on any atom is -1.00 e. The standard InChI is InChI=1S/Ba.Ca.Mg.H4O7P2.Sr.8H/c;;;1-8(2,3)7-9(4,5)6;;;;;;;;;/h;;;(H2,1,2,3)(H2,4,5,6);;;;;;;;;/q3*+2;;+2;8*-1. The SMILES string of the molecule is O=P(O)(O)OP(=O)(O)O.[Ba+2].[Ca+2].[H-].[H-].[H-].[H-].[H-].[H-].[H-].[H-].[Mg+2].[Sr+2]. The molecule has 13 heteroatoms. The second-order valence-electron chi connectivity index (χ2n) is 1.06. The molecule has 0 aromatic carbocycles. The Morgan fingerprint density at radius 1 is 1.00 bits per heavy atom. The van der Waals surface area contributed by atoms with Gasteiger partial charge in [0.25, 0.3) is 0 Å². The molecule has 0 heterocycles. The minimum absolute atomic E-state index is 0. The van der Waals surface area contributed by atoms with Gasteiger partial charge in [-0.05, 0) is 0 Å². The fourth-order valence-electron chi connectivity index (χ4n) is 0.139. The molecular formula is H12BaCaMgO7P2Sr. The van der Waals surface area contributed by atoms with E-state index in [0.29, 0.717) is 0 Å². The first-order valence-electron chi connectivity index (χ1n) is 1.53. The summed E-state index contributed by atoms with van der Waals surface area (Å²) in [6.07, 6.45) is 0. The third-order valence-corrected chi connectivity index (χ3v) is 1.91. The van der Waals surface area contributed by atoms with Gasteiger partial charge in [0.15, 0.2) is 0 Å². The summed E-state index contributed by atoms with van der Waals surface area (Å²) in [5.41, 5.74) is 0. The number of phosphoric acid groups is 2. The van der Waals surface area contributed by atoms with Gasteiger partial charge >= 0.3 is 171 Å².